The van der Waals surface area contributed by atoms with Gasteiger partial charge in [-0.15, -0.1) is 0 Å². The minimum Gasteiger partial charge on any atom is -0.502 e. The average molecular weight is 133 g/mol. The molecule has 0 aliphatic carbocycles. The number of carboxylic acids is 1. The van der Waals surface area contributed by atoms with Crippen LogP contribution in [0.15, 0.2) is 0 Å². The van der Waals surface area contributed by atoms with Gasteiger partial charge in [0.2, 0.25) is 0 Å². The molecule has 0 unspecified atom stereocenters. The first-order valence-corrected chi connectivity index (χ1v) is 1.51. The van der Waals surface area contributed by atoms with Gasteiger partial charge in [-0.05, 0) is 7.05 Å². The summed E-state index contributed by atoms with van der Waals surface area (Å²) in [6, 6.07) is 0. The molecule has 0 amide bonds. The fraction of sp³-hybridized carbons (Fsp3) is 0.333. The summed E-state index contributed by atoms with van der Waals surface area (Å²) in [4.78, 5) is 9.48. The second-order valence-electron chi connectivity index (χ2n) is 0.771. The number of hydrogen-bond donors (Lipinski definition) is 2. The molecular formula is C3H6NO2Sc-. The Hall–Kier alpha value is 0.170. The number of aliphatic carboxylic acids is 1. The van der Waals surface area contributed by atoms with Crippen LogP contribution in [0.2, 0.25) is 0 Å². The fourth-order valence-corrected chi connectivity index (χ4v) is 0.123. The van der Waals surface area contributed by atoms with Crippen molar-refractivity contribution >= 4 is 5.97 Å². The zero-order valence-corrected chi connectivity index (χ0v) is 5.81. The molecule has 0 rings (SSSR count). The minimum absolute atomic E-state index is 0. The molecule has 0 aromatic carbocycles. The number of carbonyl (C=O) groups is 1. The molecule has 1 radical (unpaired) electrons. The van der Waals surface area contributed by atoms with Crippen molar-refractivity contribution in [2.75, 3.05) is 7.05 Å². The van der Waals surface area contributed by atoms with Crippen molar-refractivity contribution in [3.8, 4) is 0 Å². The van der Waals surface area contributed by atoms with Crippen LogP contribution in [-0.4, -0.2) is 18.1 Å². The van der Waals surface area contributed by atoms with Gasteiger partial charge in [0.05, 0.1) is 0 Å². The third-order valence-electron chi connectivity index (χ3n) is 0.268. The zero-order valence-electron chi connectivity index (χ0n) is 4.01. The summed E-state index contributed by atoms with van der Waals surface area (Å²) < 4.78 is 0. The van der Waals surface area contributed by atoms with Crippen molar-refractivity contribution in [1.82, 2.24) is 5.32 Å². The van der Waals surface area contributed by atoms with Gasteiger partial charge in [0.25, 0.3) is 0 Å². The third-order valence-corrected chi connectivity index (χ3v) is 0.268. The van der Waals surface area contributed by atoms with E-state index in [1.54, 1.807) is 0 Å². The van der Waals surface area contributed by atoms with Crippen molar-refractivity contribution < 1.29 is 35.7 Å². The average Bonchev–Trinajstić information content (AvgIpc) is 1.35. The van der Waals surface area contributed by atoms with E-state index < -0.39 is 5.97 Å². The summed E-state index contributed by atoms with van der Waals surface area (Å²) >= 11 is 0. The predicted molar refractivity (Wildman–Crippen MR) is 21.0 cm³/mol. The van der Waals surface area contributed by atoms with Gasteiger partial charge in [0.1, 0.15) is 0 Å². The van der Waals surface area contributed by atoms with E-state index in [4.69, 9.17) is 5.11 Å². The monoisotopic (exact) mass is 133 g/mol. The molecule has 0 spiro atoms. The van der Waals surface area contributed by atoms with Gasteiger partial charge in [-0.1, -0.05) is 0 Å². The molecular weight excluding hydrogens is 127 g/mol. The van der Waals surface area contributed by atoms with Crippen LogP contribution >= 0.6 is 0 Å². The number of rotatable bonds is 2. The standard InChI is InChI=1S/C3H6NO2.Sc/c1-4-2-3(5)6;/h2,4H,1H3,(H,5,6);/q-1;. The Kier molecular flexibility index (Phi) is 9.00. The van der Waals surface area contributed by atoms with E-state index in [2.05, 4.69) is 5.32 Å². The molecule has 4 heteroatoms. The molecule has 2 N–H and O–H groups in total. The van der Waals surface area contributed by atoms with Crippen LogP contribution in [0.5, 0.6) is 0 Å². The molecule has 0 aromatic rings. The maximum absolute atomic E-state index is 9.48. The second-order valence-corrected chi connectivity index (χ2v) is 0.771. The van der Waals surface area contributed by atoms with Crippen molar-refractivity contribution in [1.29, 1.82) is 0 Å². The summed E-state index contributed by atoms with van der Waals surface area (Å²) in [6.07, 6.45) is 0. The van der Waals surface area contributed by atoms with Gasteiger partial charge < -0.3 is 10.4 Å². The molecule has 0 saturated heterocycles. The van der Waals surface area contributed by atoms with E-state index in [9.17, 15) is 4.79 Å². The van der Waals surface area contributed by atoms with Gasteiger partial charge in [-0.25, -0.2) is 6.54 Å². The van der Waals surface area contributed by atoms with Crippen LogP contribution in [0.3, 0.4) is 0 Å². The van der Waals surface area contributed by atoms with E-state index >= 15 is 0 Å². The maximum Gasteiger partial charge on any atom is 0.177 e. The van der Waals surface area contributed by atoms with E-state index in [1.165, 1.54) is 7.05 Å². The van der Waals surface area contributed by atoms with Crippen LogP contribution in [0, 0.1) is 6.54 Å². The first kappa shape index (κ1) is 10.2. The fourth-order valence-electron chi connectivity index (χ4n) is 0.123. The topological polar surface area (TPSA) is 49.3 Å². The SMILES string of the molecule is CN[CH-]C(=O)O.[Sc]. The molecule has 7 heavy (non-hydrogen) atoms. The number of likely N-dealkylation sites (N-methyl/N-ethyl adjacent to an activating group) is 1. The van der Waals surface area contributed by atoms with Crippen molar-refractivity contribution in [3.63, 3.8) is 0 Å². The summed E-state index contributed by atoms with van der Waals surface area (Å²) in [5.74, 6) is -0.947. The van der Waals surface area contributed by atoms with E-state index in [-0.39, 0.29) is 25.8 Å². The van der Waals surface area contributed by atoms with Crippen LogP contribution < -0.4 is 5.32 Å². The molecule has 0 saturated carbocycles. The minimum atomic E-state index is -0.947. The summed E-state index contributed by atoms with van der Waals surface area (Å²) in [5, 5.41) is 10.1. The molecule has 0 fully saturated rings. The molecule has 0 heterocycles. The maximum atomic E-state index is 9.48. The Labute approximate surface area is 60.9 Å². The second kappa shape index (κ2) is 6.17. The first-order chi connectivity index (χ1) is 2.77. The largest absolute Gasteiger partial charge is 0.502 e. The van der Waals surface area contributed by atoms with Gasteiger partial charge in [-0.2, -0.15) is 0 Å². The quantitative estimate of drug-likeness (QED) is 0.497. The first-order valence-electron chi connectivity index (χ1n) is 1.51. The molecule has 0 aromatic heterocycles. The van der Waals surface area contributed by atoms with Gasteiger partial charge >= 0.3 is 0 Å². The van der Waals surface area contributed by atoms with E-state index in [0.29, 0.717) is 0 Å². The van der Waals surface area contributed by atoms with Crippen molar-refractivity contribution in [2.24, 2.45) is 0 Å². The van der Waals surface area contributed by atoms with E-state index in [1.807, 2.05) is 0 Å². The van der Waals surface area contributed by atoms with Crippen LogP contribution in [-0.2, 0) is 30.6 Å². The zero-order chi connectivity index (χ0) is 4.99. The smallest absolute Gasteiger partial charge is 0.177 e. The van der Waals surface area contributed by atoms with Crippen LogP contribution in [0.4, 0.5) is 0 Å². The molecule has 0 aliphatic heterocycles. The molecule has 39 valence electrons. The van der Waals surface area contributed by atoms with Gasteiger partial charge in [0.15, 0.2) is 5.97 Å². The molecule has 0 bridgehead atoms. The molecule has 0 atom stereocenters. The van der Waals surface area contributed by atoms with Crippen molar-refractivity contribution in [2.45, 2.75) is 0 Å². The Morgan fingerprint density at radius 3 is 2.29 bits per heavy atom. The Morgan fingerprint density at radius 1 is 1.86 bits per heavy atom. The summed E-state index contributed by atoms with van der Waals surface area (Å²) in [5.41, 5.74) is 0. The van der Waals surface area contributed by atoms with Gasteiger partial charge in [-0.3, -0.25) is 4.79 Å². The van der Waals surface area contributed by atoms with Crippen LogP contribution in [0.25, 0.3) is 0 Å². The van der Waals surface area contributed by atoms with Gasteiger partial charge in [0, 0.05) is 25.8 Å². The Morgan fingerprint density at radius 2 is 2.29 bits per heavy atom. The van der Waals surface area contributed by atoms with Crippen molar-refractivity contribution in [3.05, 3.63) is 6.54 Å². The Bertz CT molecular complexity index is 56.9. The number of hydrogen-bond acceptors (Lipinski definition) is 2. The number of nitrogens with one attached hydrogen (secondary N) is 1. The Balaban J connectivity index is 0. The van der Waals surface area contributed by atoms with Crippen LogP contribution in [0.1, 0.15) is 0 Å². The predicted octanol–water partition coefficient (Wildman–Crippen LogP) is -0.550. The number of carboxylic acid groups (broad SMARTS) is 1. The molecule has 0 aliphatic rings. The van der Waals surface area contributed by atoms with E-state index in [0.717, 1.165) is 6.54 Å². The normalized spacial score (nSPS) is 6.43. The summed E-state index contributed by atoms with van der Waals surface area (Å²) in [6.45, 7) is 0.958. The summed E-state index contributed by atoms with van der Waals surface area (Å²) in [7, 11) is 1.54. The third kappa shape index (κ3) is 10.7. The molecule has 3 nitrogen and oxygen atoms in total.